The molecule has 3 N–H and O–H groups in total. The molecule has 4 nitrogen and oxygen atoms in total. The van der Waals surface area contributed by atoms with Crippen LogP contribution in [0.2, 0.25) is 0 Å². The van der Waals surface area contributed by atoms with Gasteiger partial charge >= 0.3 is 0 Å². The number of hydrogen-bond acceptors (Lipinski definition) is 3. The van der Waals surface area contributed by atoms with E-state index in [1.54, 1.807) is 6.07 Å². The van der Waals surface area contributed by atoms with Crippen molar-refractivity contribution in [1.82, 2.24) is 4.72 Å². The van der Waals surface area contributed by atoms with Crippen molar-refractivity contribution >= 4 is 10.0 Å². The summed E-state index contributed by atoms with van der Waals surface area (Å²) in [5.41, 5.74) is 8.35. The zero-order valence-corrected chi connectivity index (χ0v) is 12.4. The summed E-state index contributed by atoms with van der Waals surface area (Å²) in [6, 6.07) is 3.59. The lowest BCUT2D eigenvalue weighted by Crippen LogP contribution is -2.32. The van der Waals surface area contributed by atoms with Crippen LogP contribution in [-0.2, 0) is 16.6 Å². The third kappa shape index (κ3) is 3.16. The lowest BCUT2D eigenvalue weighted by Gasteiger charge is -2.25. The van der Waals surface area contributed by atoms with Crippen LogP contribution in [0.3, 0.4) is 0 Å². The summed E-state index contributed by atoms with van der Waals surface area (Å²) in [5, 5.41) is 0. The number of benzene rings is 1. The van der Waals surface area contributed by atoms with Crippen molar-refractivity contribution in [2.45, 2.75) is 44.6 Å². The first-order valence-electron chi connectivity index (χ1n) is 6.74. The van der Waals surface area contributed by atoms with Gasteiger partial charge in [0.2, 0.25) is 10.0 Å². The Bertz CT molecular complexity index is 563. The van der Waals surface area contributed by atoms with Crippen LogP contribution >= 0.6 is 0 Å². The Balaban J connectivity index is 2.23. The van der Waals surface area contributed by atoms with Crippen LogP contribution in [-0.4, -0.2) is 15.0 Å². The Hall–Kier alpha value is -0.910. The molecule has 1 aromatic rings. The highest BCUT2D eigenvalue weighted by molar-refractivity contribution is 7.89. The van der Waals surface area contributed by atoms with E-state index in [0.29, 0.717) is 23.9 Å². The molecule has 1 fully saturated rings. The van der Waals surface area contributed by atoms with Gasteiger partial charge in [-0.25, -0.2) is 13.1 Å². The molecule has 19 heavy (non-hydrogen) atoms. The molecule has 1 saturated carbocycles. The second-order valence-corrected chi connectivity index (χ2v) is 7.13. The van der Waals surface area contributed by atoms with Gasteiger partial charge in [0.05, 0.1) is 4.90 Å². The summed E-state index contributed by atoms with van der Waals surface area (Å²) in [6.07, 6.45) is 3.47. The van der Waals surface area contributed by atoms with Gasteiger partial charge in [-0.1, -0.05) is 12.5 Å². The van der Waals surface area contributed by atoms with Crippen LogP contribution < -0.4 is 10.5 Å². The van der Waals surface area contributed by atoms with E-state index in [-0.39, 0.29) is 0 Å². The Morgan fingerprint density at radius 2 is 1.95 bits per heavy atom. The minimum atomic E-state index is -3.42. The molecule has 0 aliphatic heterocycles. The molecule has 0 saturated heterocycles. The molecule has 0 amide bonds. The number of nitrogens with one attached hydrogen (secondary N) is 1. The minimum Gasteiger partial charge on any atom is -0.326 e. The average molecular weight is 282 g/mol. The summed E-state index contributed by atoms with van der Waals surface area (Å²) in [6.45, 7) is 4.68. The molecule has 0 heterocycles. The molecule has 1 aliphatic carbocycles. The van der Waals surface area contributed by atoms with Gasteiger partial charge in [0.25, 0.3) is 0 Å². The monoisotopic (exact) mass is 282 g/mol. The van der Waals surface area contributed by atoms with Gasteiger partial charge in [-0.05, 0) is 55.4 Å². The van der Waals surface area contributed by atoms with Gasteiger partial charge in [-0.3, -0.25) is 0 Å². The third-order valence-electron chi connectivity index (χ3n) is 3.93. The number of nitrogens with two attached hydrogens (primary N) is 1. The highest BCUT2D eigenvalue weighted by Gasteiger charge is 2.22. The molecule has 0 spiro atoms. The average Bonchev–Trinajstić information content (AvgIpc) is 2.26. The number of aryl methyl sites for hydroxylation is 2. The topological polar surface area (TPSA) is 72.2 Å². The van der Waals surface area contributed by atoms with Crippen LogP contribution in [0.25, 0.3) is 0 Å². The van der Waals surface area contributed by atoms with Crippen molar-refractivity contribution in [2.24, 2.45) is 11.7 Å². The molecule has 1 aliphatic rings. The Morgan fingerprint density at radius 3 is 2.47 bits per heavy atom. The highest BCUT2D eigenvalue weighted by atomic mass is 32.2. The van der Waals surface area contributed by atoms with E-state index < -0.39 is 10.0 Å². The molecule has 1 aromatic carbocycles. The van der Waals surface area contributed by atoms with Crippen molar-refractivity contribution in [2.75, 3.05) is 6.54 Å². The van der Waals surface area contributed by atoms with Crippen LogP contribution in [0.1, 0.15) is 36.0 Å². The Morgan fingerprint density at radius 1 is 1.26 bits per heavy atom. The zero-order chi connectivity index (χ0) is 14.0. The van der Waals surface area contributed by atoms with Crippen molar-refractivity contribution in [1.29, 1.82) is 0 Å². The second kappa shape index (κ2) is 5.61. The number of hydrogen-bond donors (Lipinski definition) is 2. The van der Waals surface area contributed by atoms with Crippen molar-refractivity contribution in [3.05, 3.63) is 28.8 Å². The Labute approximate surface area is 115 Å². The van der Waals surface area contributed by atoms with E-state index in [4.69, 9.17) is 5.73 Å². The van der Waals surface area contributed by atoms with Gasteiger partial charge in [-0.2, -0.15) is 0 Å². The SMILES string of the molecule is Cc1cc(C)c(S(=O)(=O)NCC2CCC2)cc1CN. The molecule has 106 valence electrons. The molecule has 0 aromatic heterocycles. The maximum atomic E-state index is 12.3. The van der Waals surface area contributed by atoms with Gasteiger partial charge in [0, 0.05) is 13.1 Å². The number of rotatable bonds is 5. The van der Waals surface area contributed by atoms with E-state index >= 15 is 0 Å². The maximum absolute atomic E-state index is 12.3. The van der Waals surface area contributed by atoms with Crippen LogP contribution in [0, 0.1) is 19.8 Å². The molecule has 0 atom stereocenters. The lowest BCUT2D eigenvalue weighted by atomic mass is 9.86. The van der Waals surface area contributed by atoms with Crippen molar-refractivity contribution in [3.63, 3.8) is 0 Å². The second-order valence-electron chi connectivity index (χ2n) is 5.40. The third-order valence-corrected chi connectivity index (χ3v) is 5.50. The molecule has 5 heteroatoms. The molecule has 0 unspecified atom stereocenters. The van der Waals surface area contributed by atoms with Gasteiger partial charge in [0.15, 0.2) is 0 Å². The molecular formula is C14H22N2O2S. The molecular weight excluding hydrogens is 260 g/mol. The van der Waals surface area contributed by atoms with Crippen LogP contribution in [0.5, 0.6) is 0 Å². The molecule has 2 rings (SSSR count). The van der Waals surface area contributed by atoms with E-state index in [1.165, 1.54) is 6.42 Å². The fourth-order valence-electron chi connectivity index (χ4n) is 2.39. The largest absolute Gasteiger partial charge is 0.326 e. The van der Waals surface area contributed by atoms with Gasteiger partial charge < -0.3 is 5.73 Å². The fourth-order valence-corrected chi connectivity index (χ4v) is 3.78. The lowest BCUT2D eigenvalue weighted by molar-refractivity contribution is 0.316. The maximum Gasteiger partial charge on any atom is 0.240 e. The summed E-state index contributed by atoms with van der Waals surface area (Å²) in [7, 11) is -3.42. The minimum absolute atomic E-state index is 0.358. The predicted molar refractivity (Wildman–Crippen MR) is 76.3 cm³/mol. The fraction of sp³-hybridized carbons (Fsp3) is 0.571. The summed E-state index contributed by atoms with van der Waals surface area (Å²) in [5.74, 6) is 0.509. The zero-order valence-electron chi connectivity index (χ0n) is 11.6. The van der Waals surface area contributed by atoms with Crippen molar-refractivity contribution < 1.29 is 8.42 Å². The summed E-state index contributed by atoms with van der Waals surface area (Å²) in [4.78, 5) is 0.359. The molecule has 0 radical (unpaired) electrons. The summed E-state index contributed by atoms with van der Waals surface area (Å²) >= 11 is 0. The quantitative estimate of drug-likeness (QED) is 0.865. The normalized spacial score (nSPS) is 16.4. The predicted octanol–water partition coefficient (Wildman–Crippen LogP) is 1.84. The molecule has 0 bridgehead atoms. The van der Waals surface area contributed by atoms with E-state index in [9.17, 15) is 8.42 Å². The van der Waals surface area contributed by atoms with Crippen molar-refractivity contribution in [3.8, 4) is 0 Å². The number of sulfonamides is 1. The van der Waals surface area contributed by atoms with Gasteiger partial charge in [0.1, 0.15) is 0 Å². The first kappa shape index (κ1) is 14.5. The van der Waals surface area contributed by atoms with Crippen LogP contribution in [0.15, 0.2) is 17.0 Å². The van der Waals surface area contributed by atoms with E-state index in [2.05, 4.69) is 4.72 Å². The smallest absolute Gasteiger partial charge is 0.240 e. The van der Waals surface area contributed by atoms with Crippen LogP contribution in [0.4, 0.5) is 0 Å². The Kier molecular flexibility index (Phi) is 4.28. The summed E-state index contributed by atoms with van der Waals surface area (Å²) < 4.78 is 27.4. The van der Waals surface area contributed by atoms with E-state index in [0.717, 1.165) is 29.5 Å². The highest BCUT2D eigenvalue weighted by Crippen LogP contribution is 2.26. The first-order chi connectivity index (χ1) is 8.94. The first-order valence-corrected chi connectivity index (χ1v) is 8.22. The van der Waals surface area contributed by atoms with Gasteiger partial charge in [-0.15, -0.1) is 0 Å². The standard InChI is InChI=1S/C14H22N2O2S/c1-10-6-11(2)14(7-13(10)8-15)19(17,18)16-9-12-4-3-5-12/h6-7,12,16H,3-5,8-9,15H2,1-2H3. The van der Waals surface area contributed by atoms with E-state index in [1.807, 2.05) is 19.9 Å².